The molecule has 0 radical (unpaired) electrons. The molecule has 0 fully saturated rings. The fourth-order valence-electron chi connectivity index (χ4n) is 1.58. The molecule has 0 unspecified atom stereocenters. The molecule has 0 amide bonds. The van der Waals surface area contributed by atoms with Crippen molar-refractivity contribution in [1.82, 2.24) is 0 Å². The van der Waals surface area contributed by atoms with Gasteiger partial charge in [0, 0.05) is 16.4 Å². The van der Waals surface area contributed by atoms with Crippen LogP contribution in [-0.4, -0.2) is 5.78 Å². The molecular formula is C13H17IO. The molecule has 0 saturated heterocycles. The molecule has 0 aliphatic carbocycles. The number of carbonyl (C=O) groups excluding carboxylic acids is 1. The SMILES string of the molecule is CCCC(=O)CCCc1ccccc1I. The summed E-state index contributed by atoms with van der Waals surface area (Å²) in [6.45, 7) is 2.05. The Morgan fingerprint density at radius 3 is 2.67 bits per heavy atom. The van der Waals surface area contributed by atoms with Crippen molar-refractivity contribution >= 4 is 28.4 Å². The van der Waals surface area contributed by atoms with Gasteiger partial charge < -0.3 is 0 Å². The van der Waals surface area contributed by atoms with E-state index >= 15 is 0 Å². The second kappa shape index (κ2) is 6.99. The van der Waals surface area contributed by atoms with Gasteiger partial charge in [0.05, 0.1) is 0 Å². The highest BCUT2D eigenvalue weighted by Crippen LogP contribution is 2.14. The lowest BCUT2D eigenvalue weighted by Crippen LogP contribution is -1.98. The fraction of sp³-hybridized carbons (Fsp3) is 0.462. The summed E-state index contributed by atoms with van der Waals surface area (Å²) in [7, 11) is 0. The second-order valence-electron chi connectivity index (χ2n) is 3.73. The van der Waals surface area contributed by atoms with E-state index in [4.69, 9.17) is 0 Å². The lowest BCUT2D eigenvalue weighted by atomic mass is 10.1. The van der Waals surface area contributed by atoms with Crippen molar-refractivity contribution in [2.45, 2.75) is 39.0 Å². The molecule has 1 aromatic carbocycles. The Bertz CT molecular complexity index is 320. The maximum atomic E-state index is 11.3. The van der Waals surface area contributed by atoms with Gasteiger partial charge in [0.1, 0.15) is 5.78 Å². The first kappa shape index (κ1) is 12.7. The van der Waals surface area contributed by atoms with Gasteiger partial charge in [0.25, 0.3) is 0 Å². The third kappa shape index (κ3) is 4.78. The first-order chi connectivity index (χ1) is 7.24. The highest BCUT2D eigenvalue weighted by atomic mass is 127. The highest BCUT2D eigenvalue weighted by molar-refractivity contribution is 14.1. The number of carbonyl (C=O) groups is 1. The molecule has 1 rings (SSSR count). The number of benzene rings is 1. The third-order valence-corrected chi connectivity index (χ3v) is 3.44. The molecule has 0 aromatic heterocycles. The van der Waals surface area contributed by atoms with Crippen LogP contribution in [0.25, 0.3) is 0 Å². The van der Waals surface area contributed by atoms with E-state index in [0.29, 0.717) is 5.78 Å². The van der Waals surface area contributed by atoms with E-state index < -0.39 is 0 Å². The Kier molecular flexibility index (Phi) is 5.91. The number of hydrogen-bond donors (Lipinski definition) is 0. The summed E-state index contributed by atoms with van der Waals surface area (Å²) in [5, 5.41) is 0. The largest absolute Gasteiger partial charge is 0.300 e. The summed E-state index contributed by atoms with van der Waals surface area (Å²) < 4.78 is 1.30. The van der Waals surface area contributed by atoms with Crippen LogP contribution in [0.15, 0.2) is 24.3 Å². The Labute approximate surface area is 105 Å². The van der Waals surface area contributed by atoms with Gasteiger partial charge in [-0.2, -0.15) is 0 Å². The summed E-state index contributed by atoms with van der Waals surface area (Å²) in [6, 6.07) is 8.37. The minimum Gasteiger partial charge on any atom is -0.300 e. The van der Waals surface area contributed by atoms with Crippen molar-refractivity contribution in [2.24, 2.45) is 0 Å². The Morgan fingerprint density at radius 2 is 2.00 bits per heavy atom. The van der Waals surface area contributed by atoms with E-state index in [9.17, 15) is 4.79 Å². The Balaban J connectivity index is 2.32. The van der Waals surface area contributed by atoms with E-state index in [1.54, 1.807) is 0 Å². The van der Waals surface area contributed by atoms with Crippen LogP contribution in [0.2, 0.25) is 0 Å². The maximum absolute atomic E-state index is 11.3. The topological polar surface area (TPSA) is 17.1 Å². The number of aryl methyl sites for hydroxylation is 1. The van der Waals surface area contributed by atoms with E-state index in [1.165, 1.54) is 9.13 Å². The van der Waals surface area contributed by atoms with Crippen molar-refractivity contribution in [1.29, 1.82) is 0 Å². The van der Waals surface area contributed by atoms with Crippen molar-refractivity contribution < 1.29 is 4.79 Å². The Morgan fingerprint density at radius 1 is 1.27 bits per heavy atom. The van der Waals surface area contributed by atoms with Crippen LogP contribution in [0.4, 0.5) is 0 Å². The zero-order chi connectivity index (χ0) is 11.1. The molecule has 1 aromatic rings. The van der Waals surface area contributed by atoms with Crippen LogP contribution in [0, 0.1) is 3.57 Å². The van der Waals surface area contributed by atoms with E-state index in [1.807, 2.05) is 6.07 Å². The fourth-order valence-corrected chi connectivity index (χ4v) is 2.24. The number of hydrogen-bond acceptors (Lipinski definition) is 1. The van der Waals surface area contributed by atoms with Crippen LogP contribution in [0.5, 0.6) is 0 Å². The van der Waals surface area contributed by atoms with Crippen LogP contribution in [-0.2, 0) is 11.2 Å². The monoisotopic (exact) mass is 316 g/mol. The van der Waals surface area contributed by atoms with Gasteiger partial charge in [0.2, 0.25) is 0 Å². The van der Waals surface area contributed by atoms with E-state index in [0.717, 1.165) is 32.1 Å². The molecule has 0 heterocycles. The molecule has 0 saturated carbocycles. The van der Waals surface area contributed by atoms with E-state index in [-0.39, 0.29) is 0 Å². The predicted octanol–water partition coefficient (Wildman–Crippen LogP) is 3.98. The molecule has 0 bridgehead atoms. The summed E-state index contributed by atoms with van der Waals surface area (Å²) in [5.74, 6) is 0.406. The molecular weight excluding hydrogens is 299 g/mol. The Hall–Kier alpha value is -0.380. The first-order valence-electron chi connectivity index (χ1n) is 5.49. The number of rotatable bonds is 6. The first-order valence-corrected chi connectivity index (χ1v) is 6.57. The zero-order valence-corrected chi connectivity index (χ0v) is 11.3. The number of Topliss-reactive ketones (excluding diaryl/α,β-unsaturated/α-hetero) is 1. The normalized spacial score (nSPS) is 10.3. The molecule has 0 atom stereocenters. The standard InChI is InChI=1S/C13H17IO/c1-2-6-12(15)9-5-8-11-7-3-4-10-13(11)14/h3-4,7,10H,2,5-6,8-9H2,1H3. The van der Waals surface area contributed by atoms with Crippen LogP contribution in [0.3, 0.4) is 0 Å². The second-order valence-corrected chi connectivity index (χ2v) is 4.90. The summed E-state index contributed by atoms with van der Waals surface area (Å²) in [5.41, 5.74) is 1.36. The molecule has 0 spiro atoms. The van der Waals surface area contributed by atoms with Crippen molar-refractivity contribution in [3.63, 3.8) is 0 Å². The lowest BCUT2D eigenvalue weighted by Gasteiger charge is -2.03. The smallest absolute Gasteiger partial charge is 0.132 e. The van der Waals surface area contributed by atoms with E-state index in [2.05, 4.69) is 47.7 Å². The van der Waals surface area contributed by atoms with Crippen LogP contribution < -0.4 is 0 Å². The summed E-state index contributed by atoms with van der Waals surface area (Å²) >= 11 is 2.35. The lowest BCUT2D eigenvalue weighted by molar-refractivity contribution is -0.119. The molecule has 0 aliphatic rings. The molecule has 0 N–H and O–H groups in total. The van der Waals surface area contributed by atoms with Gasteiger partial charge in [-0.3, -0.25) is 4.79 Å². The quantitative estimate of drug-likeness (QED) is 0.726. The highest BCUT2D eigenvalue weighted by Gasteiger charge is 2.02. The third-order valence-electron chi connectivity index (χ3n) is 2.39. The number of ketones is 1. The minimum atomic E-state index is 0.406. The zero-order valence-electron chi connectivity index (χ0n) is 9.13. The molecule has 15 heavy (non-hydrogen) atoms. The van der Waals surface area contributed by atoms with Crippen molar-refractivity contribution in [3.05, 3.63) is 33.4 Å². The summed E-state index contributed by atoms with van der Waals surface area (Å²) in [4.78, 5) is 11.3. The van der Waals surface area contributed by atoms with Gasteiger partial charge in [-0.05, 0) is 53.5 Å². The van der Waals surface area contributed by atoms with Gasteiger partial charge >= 0.3 is 0 Å². The maximum Gasteiger partial charge on any atom is 0.132 e. The number of halogens is 1. The van der Waals surface area contributed by atoms with Crippen LogP contribution >= 0.6 is 22.6 Å². The average molecular weight is 316 g/mol. The van der Waals surface area contributed by atoms with Gasteiger partial charge in [-0.15, -0.1) is 0 Å². The average Bonchev–Trinajstić information content (AvgIpc) is 2.21. The minimum absolute atomic E-state index is 0.406. The van der Waals surface area contributed by atoms with Gasteiger partial charge in [0.15, 0.2) is 0 Å². The predicted molar refractivity (Wildman–Crippen MR) is 72.0 cm³/mol. The van der Waals surface area contributed by atoms with Gasteiger partial charge in [-0.25, -0.2) is 0 Å². The molecule has 82 valence electrons. The molecule has 0 aliphatic heterocycles. The molecule has 1 nitrogen and oxygen atoms in total. The summed E-state index contributed by atoms with van der Waals surface area (Å²) in [6.07, 6.45) is 4.46. The van der Waals surface area contributed by atoms with Gasteiger partial charge in [-0.1, -0.05) is 25.1 Å². The van der Waals surface area contributed by atoms with Crippen molar-refractivity contribution in [2.75, 3.05) is 0 Å². The van der Waals surface area contributed by atoms with Crippen molar-refractivity contribution in [3.8, 4) is 0 Å². The molecule has 2 heteroatoms. The van der Waals surface area contributed by atoms with Crippen LogP contribution in [0.1, 0.15) is 38.2 Å².